The van der Waals surface area contributed by atoms with E-state index < -0.39 is 0 Å². The van der Waals surface area contributed by atoms with Crippen molar-refractivity contribution in [2.24, 2.45) is 0 Å². The topological polar surface area (TPSA) is 50.1 Å². The molecule has 0 radical (unpaired) electrons. The minimum Gasteiger partial charge on any atom is -0.305 e. The highest BCUT2D eigenvalue weighted by Gasteiger charge is 2.17. The Balaban J connectivity index is 1.54. The highest BCUT2D eigenvalue weighted by Crippen LogP contribution is 2.17. The summed E-state index contributed by atoms with van der Waals surface area (Å²) in [5.74, 6) is 1.84. The molecule has 0 bridgehead atoms. The molecule has 0 N–H and O–H groups in total. The van der Waals surface area contributed by atoms with Crippen molar-refractivity contribution in [3.63, 3.8) is 0 Å². The number of aromatic nitrogens is 4. The molecule has 6 heteroatoms. The zero-order valence-corrected chi connectivity index (χ0v) is 16.5. The van der Waals surface area contributed by atoms with Gasteiger partial charge in [-0.1, -0.05) is 30.3 Å². The summed E-state index contributed by atoms with van der Waals surface area (Å²) in [6.45, 7) is 6.15. The lowest BCUT2D eigenvalue weighted by molar-refractivity contribution is 0.258. The van der Waals surface area contributed by atoms with Gasteiger partial charge < -0.3 is 4.90 Å². The molecule has 1 fully saturated rings. The predicted octanol–water partition coefficient (Wildman–Crippen LogP) is 2.72. The summed E-state index contributed by atoms with van der Waals surface area (Å²) in [4.78, 5) is 13.9. The molecule has 1 aliphatic rings. The van der Waals surface area contributed by atoms with E-state index in [1.165, 1.54) is 18.5 Å². The Morgan fingerprint density at radius 1 is 0.929 bits per heavy atom. The highest BCUT2D eigenvalue weighted by molar-refractivity contribution is 5.53. The Kier molecular flexibility index (Phi) is 6.09. The molecular weight excluding hydrogens is 348 g/mol. The van der Waals surface area contributed by atoms with Crippen LogP contribution in [0.1, 0.15) is 17.8 Å². The van der Waals surface area contributed by atoms with Crippen molar-refractivity contribution in [2.45, 2.75) is 25.9 Å². The van der Waals surface area contributed by atoms with Crippen molar-refractivity contribution >= 4 is 0 Å². The number of pyridine rings is 1. The largest absolute Gasteiger partial charge is 0.305 e. The maximum atomic E-state index is 4.91. The van der Waals surface area contributed by atoms with Crippen molar-refractivity contribution in [1.29, 1.82) is 0 Å². The standard InChI is InChI=1S/C22H28N6/c1-26-13-5-14-27(17-16-26)18-21-24-22(20-8-11-23-12-9-20)25-28(21)15-10-19-6-3-2-4-7-19/h2-4,6-9,11-12H,5,10,13-18H2,1H3. The molecule has 3 aromatic rings. The van der Waals surface area contributed by atoms with Crippen molar-refractivity contribution < 1.29 is 0 Å². The first kappa shape index (κ1) is 18.8. The summed E-state index contributed by atoms with van der Waals surface area (Å²) in [5.41, 5.74) is 2.34. The molecule has 1 saturated heterocycles. The number of hydrogen-bond donors (Lipinski definition) is 0. The van der Waals surface area contributed by atoms with Crippen LogP contribution in [0, 0.1) is 0 Å². The molecule has 0 unspecified atom stereocenters. The third-order valence-electron chi connectivity index (χ3n) is 5.32. The van der Waals surface area contributed by atoms with Gasteiger partial charge in [0, 0.05) is 37.6 Å². The Labute approximate surface area is 166 Å². The molecule has 3 heterocycles. The van der Waals surface area contributed by atoms with E-state index in [2.05, 4.69) is 56.8 Å². The maximum Gasteiger partial charge on any atom is 0.181 e. The van der Waals surface area contributed by atoms with Crippen LogP contribution >= 0.6 is 0 Å². The van der Waals surface area contributed by atoms with Crippen LogP contribution in [0.25, 0.3) is 11.4 Å². The van der Waals surface area contributed by atoms with E-state index in [0.717, 1.165) is 56.4 Å². The van der Waals surface area contributed by atoms with Crippen LogP contribution in [0.15, 0.2) is 54.9 Å². The van der Waals surface area contributed by atoms with Crippen LogP contribution in [0.4, 0.5) is 0 Å². The van der Waals surface area contributed by atoms with Gasteiger partial charge in [0.15, 0.2) is 5.82 Å². The molecule has 146 valence electrons. The first-order valence-corrected chi connectivity index (χ1v) is 10.1. The van der Waals surface area contributed by atoms with Gasteiger partial charge in [0.05, 0.1) is 6.54 Å². The molecule has 1 aromatic carbocycles. The third-order valence-corrected chi connectivity index (χ3v) is 5.32. The Morgan fingerprint density at radius 2 is 1.75 bits per heavy atom. The average Bonchev–Trinajstić information content (AvgIpc) is 3.02. The van der Waals surface area contributed by atoms with E-state index in [4.69, 9.17) is 10.1 Å². The van der Waals surface area contributed by atoms with Gasteiger partial charge in [0.2, 0.25) is 0 Å². The van der Waals surface area contributed by atoms with E-state index in [1.54, 1.807) is 12.4 Å². The van der Waals surface area contributed by atoms with Gasteiger partial charge >= 0.3 is 0 Å². The molecular formula is C22H28N6. The third kappa shape index (κ3) is 4.82. The fraction of sp³-hybridized carbons (Fsp3) is 0.409. The fourth-order valence-electron chi connectivity index (χ4n) is 3.63. The molecule has 0 amide bonds. The van der Waals surface area contributed by atoms with E-state index in [-0.39, 0.29) is 0 Å². The second-order valence-corrected chi connectivity index (χ2v) is 7.48. The SMILES string of the molecule is CN1CCCN(Cc2nc(-c3ccncc3)nn2CCc2ccccc2)CC1. The first-order valence-electron chi connectivity index (χ1n) is 10.1. The molecule has 2 aromatic heterocycles. The van der Waals surface area contributed by atoms with Crippen molar-refractivity contribution in [1.82, 2.24) is 29.5 Å². The summed E-state index contributed by atoms with van der Waals surface area (Å²) in [5, 5.41) is 4.84. The predicted molar refractivity (Wildman–Crippen MR) is 111 cm³/mol. The molecule has 4 rings (SSSR count). The van der Waals surface area contributed by atoms with Crippen molar-refractivity contribution in [3.8, 4) is 11.4 Å². The summed E-state index contributed by atoms with van der Waals surface area (Å²) in [7, 11) is 2.20. The lowest BCUT2D eigenvalue weighted by atomic mass is 10.1. The molecule has 0 aliphatic carbocycles. The van der Waals surface area contributed by atoms with Crippen LogP contribution in [-0.2, 0) is 19.5 Å². The summed E-state index contributed by atoms with van der Waals surface area (Å²) in [6.07, 6.45) is 5.75. The molecule has 0 spiro atoms. The summed E-state index contributed by atoms with van der Waals surface area (Å²) < 4.78 is 2.09. The Bertz CT molecular complexity index is 861. The lowest BCUT2D eigenvalue weighted by Crippen LogP contribution is -2.29. The van der Waals surface area contributed by atoms with Crippen LogP contribution in [-0.4, -0.2) is 62.8 Å². The highest BCUT2D eigenvalue weighted by atomic mass is 15.4. The first-order chi connectivity index (χ1) is 13.8. The zero-order chi connectivity index (χ0) is 19.2. The van der Waals surface area contributed by atoms with E-state index in [0.29, 0.717) is 0 Å². The van der Waals surface area contributed by atoms with E-state index in [1.807, 2.05) is 12.1 Å². The number of rotatable bonds is 6. The number of benzene rings is 1. The minimum atomic E-state index is 0.789. The smallest absolute Gasteiger partial charge is 0.181 e. The van der Waals surface area contributed by atoms with Crippen LogP contribution in [0.3, 0.4) is 0 Å². The normalized spacial score (nSPS) is 16.2. The van der Waals surface area contributed by atoms with Gasteiger partial charge in [0.1, 0.15) is 5.82 Å². The number of hydrogen-bond acceptors (Lipinski definition) is 5. The summed E-state index contributed by atoms with van der Waals surface area (Å²) >= 11 is 0. The zero-order valence-electron chi connectivity index (χ0n) is 16.5. The molecule has 28 heavy (non-hydrogen) atoms. The number of likely N-dealkylation sites (N-methyl/N-ethyl adjacent to an activating group) is 1. The second-order valence-electron chi connectivity index (χ2n) is 7.48. The van der Waals surface area contributed by atoms with Crippen molar-refractivity contribution in [3.05, 3.63) is 66.2 Å². The number of nitrogens with zero attached hydrogens (tertiary/aromatic N) is 6. The quantitative estimate of drug-likeness (QED) is 0.662. The maximum absolute atomic E-state index is 4.91. The van der Waals surface area contributed by atoms with Crippen LogP contribution < -0.4 is 0 Å². The Hall–Kier alpha value is -2.57. The average molecular weight is 377 g/mol. The second kappa shape index (κ2) is 9.08. The monoisotopic (exact) mass is 376 g/mol. The fourth-order valence-corrected chi connectivity index (χ4v) is 3.63. The van der Waals surface area contributed by atoms with Gasteiger partial charge in [-0.05, 0) is 50.7 Å². The molecule has 0 saturated carbocycles. The van der Waals surface area contributed by atoms with E-state index >= 15 is 0 Å². The lowest BCUT2D eigenvalue weighted by Gasteiger charge is -2.19. The molecule has 0 atom stereocenters. The van der Waals surface area contributed by atoms with Gasteiger partial charge in [0.25, 0.3) is 0 Å². The van der Waals surface area contributed by atoms with Gasteiger partial charge in [-0.2, -0.15) is 5.10 Å². The van der Waals surface area contributed by atoms with Gasteiger partial charge in [-0.15, -0.1) is 0 Å². The van der Waals surface area contributed by atoms with Gasteiger partial charge in [-0.3, -0.25) is 9.88 Å². The van der Waals surface area contributed by atoms with E-state index in [9.17, 15) is 0 Å². The summed E-state index contributed by atoms with van der Waals surface area (Å²) in [6, 6.07) is 14.5. The number of aryl methyl sites for hydroxylation is 2. The van der Waals surface area contributed by atoms with Crippen molar-refractivity contribution in [2.75, 3.05) is 33.2 Å². The molecule has 6 nitrogen and oxygen atoms in total. The van der Waals surface area contributed by atoms with Gasteiger partial charge in [-0.25, -0.2) is 9.67 Å². The minimum absolute atomic E-state index is 0.789. The van der Waals surface area contributed by atoms with Crippen LogP contribution in [0.2, 0.25) is 0 Å². The van der Waals surface area contributed by atoms with Crippen LogP contribution in [0.5, 0.6) is 0 Å². The molecule has 1 aliphatic heterocycles. The Morgan fingerprint density at radius 3 is 2.57 bits per heavy atom.